The second-order valence-corrected chi connectivity index (χ2v) is 4.87. The van der Waals surface area contributed by atoms with Crippen molar-refractivity contribution in [3.05, 3.63) is 0 Å². The van der Waals surface area contributed by atoms with E-state index in [1.807, 2.05) is 13.8 Å². The van der Waals surface area contributed by atoms with Crippen LogP contribution in [-0.2, 0) is 19.1 Å². The molecule has 0 aromatic heterocycles. The summed E-state index contributed by atoms with van der Waals surface area (Å²) in [6.45, 7) is 5.12. The van der Waals surface area contributed by atoms with Crippen LogP contribution in [0.5, 0.6) is 0 Å². The van der Waals surface area contributed by atoms with Crippen molar-refractivity contribution in [2.45, 2.75) is 32.0 Å². The minimum Gasteiger partial charge on any atom is -0.382 e. The highest BCUT2D eigenvalue weighted by atomic mass is 16.5. The van der Waals surface area contributed by atoms with E-state index in [9.17, 15) is 9.59 Å². The van der Waals surface area contributed by atoms with E-state index in [1.165, 1.54) is 0 Å². The van der Waals surface area contributed by atoms with Crippen LogP contribution in [0.1, 0.15) is 20.3 Å². The Morgan fingerprint density at radius 3 is 2.71 bits per heavy atom. The van der Waals surface area contributed by atoms with E-state index in [0.29, 0.717) is 19.7 Å². The Labute approximate surface area is 101 Å². The number of primary amides is 1. The maximum Gasteiger partial charge on any atom is 0.232 e. The number of amides is 2. The zero-order chi connectivity index (χ0) is 13.1. The molecule has 6 heteroatoms. The molecule has 0 spiro atoms. The van der Waals surface area contributed by atoms with Crippen LogP contribution < -0.4 is 5.73 Å². The van der Waals surface area contributed by atoms with E-state index >= 15 is 0 Å². The van der Waals surface area contributed by atoms with Crippen LogP contribution >= 0.6 is 0 Å². The van der Waals surface area contributed by atoms with E-state index in [4.69, 9.17) is 15.2 Å². The first-order valence-electron chi connectivity index (χ1n) is 5.57. The number of rotatable bonds is 4. The molecule has 0 bridgehead atoms. The number of carbonyl (C=O) groups excluding carboxylic acids is 2. The Bertz CT molecular complexity index is 304. The molecule has 1 unspecified atom stereocenters. The lowest BCUT2D eigenvalue weighted by Crippen LogP contribution is -2.56. The quantitative estimate of drug-likeness (QED) is 0.677. The summed E-state index contributed by atoms with van der Waals surface area (Å²) >= 11 is 0. The van der Waals surface area contributed by atoms with E-state index in [2.05, 4.69) is 0 Å². The summed E-state index contributed by atoms with van der Waals surface area (Å²) in [7, 11) is 1.58. The molecular formula is C11H20N2O4. The molecular weight excluding hydrogens is 224 g/mol. The van der Waals surface area contributed by atoms with Crippen molar-refractivity contribution >= 4 is 11.8 Å². The second kappa shape index (κ2) is 5.46. The van der Waals surface area contributed by atoms with Crippen LogP contribution in [-0.4, -0.2) is 55.2 Å². The molecule has 1 heterocycles. The van der Waals surface area contributed by atoms with E-state index < -0.39 is 11.5 Å². The molecule has 17 heavy (non-hydrogen) atoms. The molecule has 2 amide bonds. The van der Waals surface area contributed by atoms with Gasteiger partial charge < -0.3 is 20.1 Å². The fourth-order valence-corrected chi connectivity index (χ4v) is 2.02. The Morgan fingerprint density at radius 1 is 1.53 bits per heavy atom. The Morgan fingerprint density at radius 2 is 2.18 bits per heavy atom. The molecule has 1 atom stereocenters. The lowest BCUT2D eigenvalue weighted by Gasteiger charge is -2.42. The number of ether oxygens (including phenoxy) is 2. The monoisotopic (exact) mass is 244 g/mol. The first kappa shape index (κ1) is 13.9. The molecule has 0 radical (unpaired) electrons. The Kier molecular flexibility index (Phi) is 4.47. The van der Waals surface area contributed by atoms with Crippen molar-refractivity contribution in [3.63, 3.8) is 0 Å². The highest BCUT2D eigenvalue weighted by molar-refractivity contribution is 5.96. The van der Waals surface area contributed by atoms with Crippen molar-refractivity contribution in [3.8, 4) is 0 Å². The molecule has 1 aliphatic rings. The molecule has 98 valence electrons. The standard InChI is InChI=1S/C11H20N2O4/c1-11(2)7-13(10(15)4-9(12)14)5-8(17-11)6-16-3/h8H,4-7H2,1-3H3,(H2,12,14). The van der Waals surface area contributed by atoms with Crippen LogP contribution in [0.15, 0.2) is 0 Å². The SMILES string of the molecule is COCC1CN(C(=O)CC(N)=O)CC(C)(C)O1. The van der Waals surface area contributed by atoms with Gasteiger partial charge in [-0.2, -0.15) is 0 Å². The zero-order valence-corrected chi connectivity index (χ0v) is 10.6. The first-order valence-corrected chi connectivity index (χ1v) is 5.57. The number of morpholine rings is 1. The second-order valence-electron chi connectivity index (χ2n) is 4.87. The molecule has 0 saturated carbocycles. The number of methoxy groups -OCH3 is 1. The van der Waals surface area contributed by atoms with Gasteiger partial charge in [0.15, 0.2) is 0 Å². The number of nitrogens with zero attached hydrogens (tertiary/aromatic N) is 1. The molecule has 6 nitrogen and oxygen atoms in total. The zero-order valence-electron chi connectivity index (χ0n) is 10.6. The highest BCUT2D eigenvalue weighted by Gasteiger charge is 2.35. The summed E-state index contributed by atoms with van der Waals surface area (Å²) in [5, 5.41) is 0. The maximum absolute atomic E-state index is 11.8. The summed E-state index contributed by atoms with van der Waals surface area (Å²) in [6, 6.07) is 0. The summed E-state index contributed by atoms with van der Waals surface area (Å²) in [6.07, 6.45) is -0.420. The smallest absolute Gasteiger partial charge is 0.232 e. The van der Waals surface area contributed by atoms with Crippen LogP contribution in [0.25, 0.3) is 0 Å². The van der Waals surface area contributed by atoms with Crippen molar-refractivity contribution in [2.75, 3.05) is 26.8 Å². The van der Waals surface area contributed by atoms with Gasteiger partial charge in [0.25, 0.3) is 0 Å². The largest absolute Gasteiger partial charge is 0.382 e. The first-order chi connectivity index (χ1) is 7.84. The average Bonchev–Trinajstić information content (AvgIpc) is 2.14. The summed E-state index contributed by atoms with van der Waals surface area (Å²) in [5.41, 5.74) is 4.58. The van der Waals surface area contributed by atoms with Gasteiger partial charge in [0.2, 0.25) is 11.8 Å². The Balaban J connectivity index is 2.65. The van der Waals surface area contributed by atoms with Crippen LogP contribution in [0.4, 0.5) is 0 Å². The van der Waals surface area contributed by atoms with Crippen LogP contribution in [0, 0.1) is 0 Å². The Hall–Kier alpha value is -1.14. The van der Waals surface area contributed by atoms with Crippen molar-refractivity contribution in [2.24, 2.45) is 5.73 Å². The van der Waals surface area contributed by atoms with Gasteiger partial charge in [-0.25, -0.2) is 0 Å². The van der Waals surface area contributed by atoms with Gasteiger partial charge in [0, 0.05) is 20.2 Å². The van der Waals surface area contributed by atoms with Gasteiger partial charge >= 0.3 is 0 Å². The molecule has 2 N–H and O–H groups in total. The molecule has 1 saturated heterocycles. The van der Waals surface area contributed by atoms with Gasteiger partial charge in [0.05, 0.1) is 18.3 Å². The molecule has 1 fully saturated rings. The third-order valence-corrected chi connectivity index (χ3v) is 2.51. The van der Waals surface area contributed by atoms with Gasteiger partial charge in [0.1, 0.15) is 6.42 Å². The van der Waals surface area contributed by atoms with E-state index in [1.54, 1.807) is 12.0 Å². The van der Waals surface area contributed by atoms with Gasteiger partial charge in [-0.3, -0.25) is 9.59 Å². The van der Waals surface area contributed by atoms with Gasteiger partial charge in [-0.1, -0.05) is 0 Å². The van der Waals surface area contributed by atoms with Crippen molar-refractivity contribution in [1.29, 1.82) is 0 Å². The third-order valence-electron chi connectivity index (χ3n) is 2.51. The van der Waals surface area contributed by atoms with Gasteiger partial charge in [-0.05, 0) is 13.8 Å². The van der Waals surface area contributed by atoms with E-state index in [0.717, 1.165) is 0 Å². The molecule has 1 rings (SSSR count). The van der Waals surface area contributed by atoms with Crippen LogP contribution in [0.3, 0.4) is 0 Å². The van der Waals surface area contributed by atoms with Crippen LogP contribution in [0.2, 0.25) is 0 Å². The lowest BCUT2D eigenvalue weighted by molar-refractivity contribution is -0.169. The number of carbonyl (C=O) groups is 2. The number of nitrogens with two attached hydrogens (primary N) is 1. The molecule has 0 aliphatic carbocycles. The highest BCUT2D eigenvalue weighted by Crippen LogP contribution is 2.21. The predicted molar refractivity (Wildman–Crippen MR) is 61.2 cm³/mol. The fraction of sp³-hybridized carbons (Fsp3) is 0.818. The summed E-state index contributed by atoms with van der Waals surface area (Å²) < 4.78 is 10.8. The average molecular weight is 244 g/mol. The third kappa shape index (κ3) is 4.32. The normalized spacial score (nSPS) is 23.5. The minimum atomic E-state index is -0.609. The minimum absolute atomic E-state index is 0.166. The topological polar surface area (TPSA) is 81.9 Å². The maximum atomic E-state index is 11.8. The molecule has 1 aliphatic heterocycles. The number of hydrogen-bond donors (Lipinski definition) is 1. The van der Waals surface area contributed by atoms with Crippen molar-refractivity contribution in [1.82, 2.24) is 4.90 Å². The van der Waals surface area contributed by atoms with Gasteiger partial charge in [-0.15, -0.1) is 0 Å². The molecule has 0 aromatic rings. The number of hydrogen-bond acceptors (Lipinski definition) is 4. The summed E-state index contributed by atoms with van der Waals surface area (Å²) in [5.74, 6) is -0.863. The lowest BCUT2D eigenvalue weighted by atomic mass is 10.0. The fourth-order valence-electron chi connectivity index (χ4n) is 2.02. The molecule has 0 aromatic carbocycles. The van der Waals surface area contributed by atoms with Crippen molar-refractivity contribution < 1.29 is 19.1 Å². The summed E-state index contributed by atoms with van der Waals surface area (Å²) in [4.78, 5) is 24.1. The predicted octanol–water partition coefficient (Wildman–Crippen LogP) is -0.486. The van der Waals surface area contributed by atoms with E-state index in [-0.39, 0.29) is 18.4 Å².